The van der Waals surface area contributed by atoms with E-state index in [2.05, 4.69) is 5.32 Å². The predicted molar refractivity (Wildman–Crippen MR) is 66.6 cm³/mol. The van der Waals surface area contributed by atoms with E-state index in [0.717, 1.165) is 18.4 Å². The van der Waals surface area contributed by atoms with Crippen LogP contribution >= 0.6 is 0 Å². The van der Waals surface area contributed by atoms with Crippen LogP contribution in [0.5, 0.6) is 0 Å². The lowest BCUT2D eigenvalue weighted by Crippen LogP contribution is -2.37. The summed E-state index contributed by atoms with van der Waals surface area (Å²) in [5, 5.41) is 11.8. The second-order valence-corrected chi connectivity index (χ2v) is 5.09. The number of aliphatic hydroxyl groups is 1. The molecule has 1 atom stereocenters. The molecule has 1 aromatic carbocycles. The second-order valence-electron chi connectivity index (χ2n) is 5.09. The molecule has 1 amide bonds. The average molecular weight is 251 g/mol. The Kier molecular flexibility index (Phi) is 3.66. The van der Waals surface area contributed by atoms with Crippen molar-refractivity contribution in [2.75, 3.05) is 13.2 Å². The quantitative estimate of drug-likeness (QED) is 0.835. The van der Waals surface area contributed by atoms with Crippen LogP contribution in [0.25, 0.3) is 0 Å². The number of hydrogen-bond acceptors (Lipinski definition) is 2. The first kappa shape index (κ1) is 13.0. The number of rotatable bonds is 5. The Labute approximate surface area is 106 Å². The topological polar surface area (TPSA) is 49.3 Å². The molecule has 1 unspecified atom stereocenters. The Hall–Kier alpha value is -1.42. The van der Waals surface area contributed by atoms with Crippen LogP contribution in [0.4, 0.5) is 4.39 Å². The SMILES string of the molecule is CC(CO)CNC(=O)C1(c2ccc(F)cc2)CC1. The van der Waals surface area contributed by atoms with Gasteiger partial charge in [0.2, 0.25) is 5.91 Å². The van der Waals surface area contributed by atoms with E-state index in [-0.39, 0.29) is 24.2 Å². The van der Waals surface area contributed by atoms with Gasteiger partial charge in [-0.1, -0.05) is 19.1 Å². The lowest BCUT2D eigenvalue weighted by Gasteiger charge is -2.17. The molecule has 1 aromatic rings. The van der Waals surface area contributed by atoms with Gasteiger partial charge in [-0.05, 0) is 36.5 Å². The summed E-state index contributed by atoms with van der Waals surface area (Å²) in [5.41, 5.74) is 0.404. The van der Waals surface area contributed by atoms with Crippen molar-refractivity contribution in [3.63, 3.8) is 0 Å². The first-order valence-corrected chi connectivity index (χ1v) is 6.24. The van der Waals surface area contributed by atoms with Crippen LogP contribution in [0.3, 0.4) is 0 Å². The van der Waals surface area contributed by atoms with Gasteiger partial charge in [0.05, 0.1) is 5.41 Å². The molecule has 1 aliphatic rings. The molecule has 0 heterocycles. The van der Waals surface area contributed by atoms with Crippen molar-refractivity contribution in [1.29, 1.82) is 0 Å². The highest BCUT2D eigenvalue weighted by Crippen LogP contribution is 2.48. The average Bonchev–Trinajstić information content (AvgIpc) is 3.17. The molecular weight excluding hydrogens is 233 g/mol. The molecule has 0 spiro atoms. The molecular formula is C14H18FNO2. The van der Waals surface area contributed by atoms with E-state index >= 15 is 0 Å². The van der Waals surface area contributed by atoms with Gasteiger partial charge < -0.3 is 10.4 Å². The third-order valence-electron chi connectivity index (χ3n) is 3.50. The van der Waals surface area contributed by atoms with Gasteiger partial charge in [0, 0.05) is 13.2 Å². The summed E-state index contributed by atoms with van der Waals surface area (Å²) in [4.78, 5) is 12.1. The second kappa shape index (κ2) is 5.06. The van der Waals surface area contributed by atoms with Gasteiger partial charge in [-0.3, -0.25) is 4.79 Å². The van der Waals surface area contributed by atoms with E-state index in [4.69, 9.17) is 5.11 Å². The molecule has 0 aliphatic heterocycles. The molecule has 1 aliphatic carbocycles. The van der Waals surface area contributed by atoms with E-state index < -0.39 is 5.41 Å². The number of carbonyl (C=O) groups excluding carboxylic acids is 1. The molecule has 1 fully saturated rings. The van der Waals surface area contributed by atoms with Gasteiger partial charge in [-0.2, -0.15) is 0 Å². The highest BCUT2D eigenvalue weighted by molar-refractivity contribution is 5.91. The first-order chi connectivity index (χ1) is 8.58. The number of benzene rings is 1. The fraction of sp³-hybridized carbons (Fsp3) is 0.500. The highest BCUT2D eigenvalue weighted by atomic mass is 19.1. The number of aliphatic hydroxyl groups excluding tert-OH is 1. The normalized spacial score (nSPS) is 18.2. The maximum atomic E-state index is 12.9. The van der Waals surface area contributed by atoms with Gasteiger partial charge in [0.1, 0.15) is 5.82 Å². The maximum Gasteiger partial charge on any atom is 0.230 e. The van der Waals surface area contributed by atoms with Crippen LogP contribution in [-0.4, -0.2) is 24.2 Å². The molecule has 0 aromatic heterocycles. The lowest BCUT2D eigenvalue weighted by molar-refractivity contribution is -0.123. The van der Waals surface area contributed by atoms with Crippen LogP contribution in [0, 0.1) is 11.7 Å². The largest absolute Gasteiger partial charge is 0.396 e. The zero-order chi connectivity index (χ0) is 13.2. The zero-order valence-electron chi connectivity index (χ0n) is 10.4. The fourth-order valence-corrected chi connectivity index (χ4v) is 2.04. The lowest BCUT2D eigenvalue weighted by atomic mass is 9.95. The van der Waals surface area contributed by atoms with E-state index in [1.807, 2.05) is 6.92 Å². The molecule has 3 nitrogen and oxygen atoms in total. The van der Waals surface area contributed by atoms with Gasteiger partial charge in [-0.15, -0.1) is 0 Å². The summed E-state index contributed by atoms with van der Waals surface area (Å²) >= 11 is 0. The Morgan fingerprint density at radius 3 is 2.56 bits per heavy atom. The van der Waals surface area contributed by atoms with Gasteiger partial charge in [0.25, 0.3) is 0 Å². The van der Waals surface area contributed by atoms with E-state index in [1.54, 1.807) is 12.1 Å². The molecule has 18 heavy (non-hydrogen) atoms. The third-order valence-corrected chi connectivity index (χ3v) is 3.50. The van der Waals surface area contributed by atoms with Crippen molar-refractivity contribution < 1.29 is 14.3 Å². The van der Waals surface area contributed by atoms with Crippen molar-refractivity contribution in [3.05, 3.63) is 35.6 Å². The van der Waals surface area contributed by atoms with Crippen LogP contribution in [0.1, 0.15) is 25.3 Å². The molecule has 0 bridgehead atoms. The van der Waals surface area contributed by atoms with Crippen molar-refractivity contribution in [2.45, 2.75) is 25.2 Å². The van der Waals surface area contributed by atoms with E-state index in [1.165, 1.54) is 12.1 Å². The minimum Gasteiger partial charge on any atom is -0.396 e. The Balaban J connectivity index is 2.03. The van der Waals surface area contributed by atoms with Gasteiger partial charge in [0.15, 0.2) is 0 Å². The van der Waals surface area contributed by atoms with Crippen molar-refractivity contribution in [1.82, 2.24) is 5.32 Å². The Bertz CT molecular complexity index is 426. The maximum absolute atomic E-state index is 12.9. The summed E-state index contributed by atoms with van der Waals surface area (Å²) in [6, 6.07) is 6.13. The zero-order valence-corrected chi connectivity index (χ0v) is 10.4. The summed E-state index contributed by atoms with van der Waals surface area (Å²) in [6.07, 6.45) is 1.61. The number of carbonyl (C=O) groups is 1. The van der Waals surface area contributed by atoms with E-state index in [0.29, 0.717) is 6.54 Å². The smallest absolute Gasteiger partial charge is 0.230 e. The van der Waals surface area contributed by atoms with Crippen LogP contribution in [0.15, 0.2) is 24.3 Å². The van der Waals surface area contributed by atoms with Gasteiger partial charge in [-0.25, -0.2) is 4.39 Å². The molecule has 2 N–H and O–H groups in total. The monoisotopic (exact) mass is 251 g/mol. The van der Waals surface area contributed by atoms with Crippen molar-refractivity contribution in [3.8, 4) is 0 Å². The minimum atomic E-state index is -0.469. The molecule has 98 valence electrons. The molecule has 4 heteroatoms. The van der Waals surface area contributed by atoms with E-state index in [9.17, 15) is 9.18 Å². The number of hydrogen-bond donors (Lipinski definition) is 2. The molecule has 0 radical (unpaired) electrons. The molecule has 0 saturated heterocycles. The Morgan fingerprint density at radius 1 is 1.44 bits per heavy atom. The first-order valence-electron chi connectivity index (χ1n) is 6.24. The number of halogens is 1. The summed E-state index contributed by atoms with van der Waals surface area (Å²) in [7, 11) is 0. The molecule has 2 rings (SSSR count). The predicted octanol–water partition coefficient (Wildman–Crippen LogP) is 1.60. The van der Waals surface area contributed by atoms with Crippen LogP contribution in [-0.2, 0) is 10.2 Å². The highest BCUT2D eigenvalue weighted by Gasteiger charge is 2.51. The fourth-order valence-electron chi connectivity index (χ4n) is 2.04. The summed E-state index contributed by atoms with van der Waals surface area (Å²) < 4.78 is 12.9. The summed E-state index contributed by atoms with van der Waals surface area (Å²) in [6.45, 7) is 2.40. The third kappa shape index (κ3) is 2.53. The van der Waals surface area contributed by atoms with Crippen molar-refractivity contribution >= 4 is 5.91 Å². The van der Waals surface area contributed by atoms with Crippen LogP contribution in [0.2, 0.25) is 0 Å². The van der Waals surface area contributed by atoms with Crippen molar-refractivity contribution in [2.24, 2.45) is 5.92 Å². The number of amides is 1. The minimum absolute atomic E-state index is 0.0191. The van der Waals surface area contributed by atoms with Gasteiger partial charge >= 0.3 is 0 Å². The standard InChI is InChI=1S/C14H18FNO2/c1-10(9-17)8-16-13(18)14(6-7-14)11-2-4-12(15)5-3-11/h2-5,10,17H,6-9H2,1H3,(H,16,18). The summed E-state index contributed by atoms with van der Waals surface area (Å²) in [5.74, 6) is -0.253. The Morgan fingerprint density at radius 2 is 2.06 bits per heavy atom. The number of nitrogens with one attached hydrogen (secondary N) is 1. The molecule has 1 saturated carbocycles. The van der Waals surface area contributed by atoms with Crippen LogP contribution < -0.4 is 5.32 Å².